The van der Waals surface area contributed by atoms with Gasteiger partial charge in [-0.15, -0.1) is 11.8 Å². The normalized spacial score (nSPS) is 16.3. The molecule has 0 saturated heterocycles. The van der Waals surface area contributed by atoms with E-state index in [0.29, 0.717) is 0 Å². The van der Waals surface area contributed by atoms with Crippen molar-refractivity contribution in [3.63, 3.8) is 0 Å². The monoisotopic (exact) mass is 206 g/mol. The number of hydrogen-bond acceptors (Lipinski definition) is 4. The summed E-state index contributed by atoms with van der Waals surface area (Å²) in [6.45, 7) is 0. The minimum atomic E-state index is 0.832. The van der Waals surface area contributed by atoms with Gasteiger partial charge in [0.1, 0.15) is 11.4 Å². The Balaban J connectivity index is 1.89. The van der Waals surface area contributed by atoms with E-state index in [1.807, 2.05) is 11.8 Å². The van der Waals surface area contributed by atoms with Crippen LogP contribution in [0.1, 0.15) is 12.8 Å². The van der Waals surface area contributed by atoms with Crippen LogP contribution in [0.2, 0.25) is 0 Å². The van der Waals surface area contributed by atoms with E-state index >= 15 is 0 Å². The number of nitrogens with zero attached hydrogens (tertiary/aromatic N) is 3. The van der Waals surface area contributed by atoms with E-state index in [9.17, 15) is 0 Å². The maximum absolute atomic E-state index is 4.27. The SMILES string of the molecule is c1nc(SCC2CC2)c2cn[nH]c2n1. The van der Waals surface area contributed by atoms with E-state index in [4.69, 9.17) is 0 Å². The van der Waals surface area contributed by atoms with Gasteiger partial charge in [0.25, 0.3) is 0 Å². The number of rotatable bonds is 3. The van der Waals surface area contributed by atoms with E-state index in [-0.39, 0.29) is 0 Å². The third-order valence-electron chi connectivity index (χ3n) is 2.36. The van der Waals surface area contributed by atoms with E-state index < -0.39 is 0 Å². The quantitative estimate of drug-likeness (QED) is 0.615. The Bertz CT molecular complexity index is 449. The highest BCUT2D eigenvalue weighted by Crippen LogP contribution is 2.35. The molecule has 0 atom stereocenters. The second-order valence-electron chi connectivity index (χ2n) is 3.57. The summed E-state index contributed by atoms with van der Waals surface area (Å²) in [6, 6.07) is 0. The Morgan fingerprint density at radius 1 is 1.43 bits per heavy atom. The minimum absolute atomic E-state index is 0.832. The summed E-state index contributed by atoms with van der Waals surface area (Å²) in [5.41, 5.74) is 0.832. The molecule has 0 amide bonds. The molecule has 0 bridgehead atoms. The predicted octanol–water partition coefficient (Wildman–Crippen LogP) is 1.85. The zero-order chi connectivity index (χ0) is 9.38. The maximum Gasteiger partial charge on any atom is 0.159 e. The first-order valence-electron chi connectivity index (χ1n) is 4.70. The summed E-state index contributed by atoms with van der Waals surface area (Å²) in [4.78, 5) is 8.37. The lowest BCUT2D eigenvalue weighted by Crippen LogP contribution is -1.87. The molecule has 14 heavy (non-hydrogen) atoms. The van der Waals surface area contributed by atoms with Crippen molar-refractivity contribution in [2.75, 3.05) is 5.75 Å². The van der Waals surface area contributed by atoms with Crippen LogP contribution in [-0.2, 0) is 0 Å². The molecule has 72 valence electrons. The molecule has 0 aliphatic heterocycles. The third-order valence-corrected chi connectivity index (χ3v) is 3.60. The largest absolute Gasteiger partial charge is 0.261 e. The van der Waals surface area contributed by atoms with Crippen LogP contribution in [0, 0.1) is 5.92 Å². The van der Waals surface area contributed by atoms with Crippen molar-refractivity contribution in [1.82, 2.24) is 20.2 Å². The second kappa shape index (κ2) is 3.24. The van der Waals surface area contributed by atoms with Gasteiger partial charge < -0.3 is 0 Å². The van der Waals surface area contributed by atoms with Crippen molar-refractivity contribution in [3.8, 4) is 0 Å². The number of aromatic nitrogens is 4. The number of nitrogens with one attached hydrogen (secondary N) is 1. The first-order valence-corrected chi connectivity index (χ1v) is 5.69. The molecule has 1 aliphatic rings. The molecule has 1 N–H and O–H groups in total. The van der Waals surface area contributed by atoms with Gasteiger partial charge >= 0.3 is 0 Å². The van der Waals surface area contributed by atoms with Crippen LogP contribution >= 0.6 is 11.8 Å². The van der Waals surface area contributed by atoms with Crippen LogP contribution in [0.4, 0.5) is 0 Å². The van der Waals surface area contributed by atoms with Crippen LogP contribution in [-0.4, -0.2) is 25.9 Å². The summed E-state index contributed by atoms with van der Waals surface area (Å²) < 4.78 is 0. The molecular formula is C9H10N4S. The molecule has 0 aromatic carbocycles. The van der Waals surface area contributed by atoms with Crippen LogP contribution in [0.3, 0.4) is 0 Å². The third kappa shape index (κ3) is 1.48. The first kappa shape index (κ1) is 8.23. The summed E-state index contributed by atoms with van der Waals surface area (Å²) in [5.74, 6) is 2.09. The highest BCUT2D eigenvalue weighted by molar-refractivity contribution is 7.99. The lowest BCUT2D eigenvalue weighted by Gasteiger charge is -1.98. The van der Waals surface area contributed by atoms with E-state index in [1.165, 1.54) is 18.6 Å². The molecule has 1 fully saturated rings. The zero-order valence-corrected chi connectivity index (χ0v) is 8.42. The van der Waals surface area contributed by atoms with Gasteiger partial charge in [-0.2, -0.15) is 5.10 Å². The second-order valence-corrected chi connectivity index (χ2v) is 4.57. The number of fused-ring (bicyclic) bond motifs is 1. The lowest BCUT2D eigenvalue weighted by atomic mass is 10.4. The summed E-state index contributed by atoms with van der Waals surface area (Å²) in [7, 11) is 0. The topological polar surface area (TPSA) is 54.5 Å². The molecule has 0 unspecified atom stereocenters. The molecule has 4 nitrogen and oxygen atoms in total. The van der Waals surface area contributed by atoms with Crippen molar-refractivity contribution in [3.05, 3.63) is 12.5 Å². The average molecular weight is 206 g/mol. The Morgan fingerprint density at radius 3 is 3.21 bits per heavy atom. The molecule has 2 heterocycles. The fourth-order valence-corrected chi connectivity index (χ4v) is 2.49. The number of hydrogen-bond donors (Lipinski definition) is 1. The fraction of sp³-hybridized carbons (Fsp3) is 0.444. The van der Waals surface area contributed by atoms with E-state index in [1.54, 1.807) is 12.5 Å². The Morgan fingerprint density at radius 2 is 2.36 bits per heavy atom. The van der Waals surface area contributed by atoms with Crippen LogP contribution in [0.25, 0.3) is 11.0 Å². The van der Waals surface area contributed by atoms with Crippen LogP contribution in [0.5, 0.6) is 0 Å². The smallest absolute Gasteiger partial charge is 0.159 e. The van der Waals surface area contributed by atoms with Gasteiger partial charge in [0.15, 0.2) is 5.65 Å². The van der Waals surface area contributed by atoms with Crippen molar-refractivity contribution in [2.45, 2.75) is 17.9 Å². The molecule has 0 spiro atoms. The molecule has 2 aromatic rings. The van der Waals surface area contributed by atoms with Crippen molar-refractivity contribution < 1.29 is 0 Å². The van der Waals surface area contributed by atoms with Gasteiger partial charge in [-0.05, 0) is 18.8 Å². The molecule has 1 saturated carbocycles. The molecule has 2 aromatic heterocycles. The molecule has 0 radical (unpaired) electrons. The Labute approximate surface area is 85.5 Å². The fourth-order valence-electron chi connectivity index (χ4n) is 1.34. The highest BCUT2D eigenvalue weighted by atomic mass is 32.2. The van der Waals surface area contributed by atoms with Gasteiger partial charge in [0.05, 0.1) is 11.6 Å². The van der Waals surface area contributed by atoms with Gasteiger partial charge in [-0.1, -0.05) is 0 Å². The average Bonchev–Trinajstić information content (AvgIpc) is 2.91. The van der Waals surface area contributed by atoms with E-state index in [0.717, 1.165) is 22.0 Å². The van der Waals surface area contributed by atoms with Crippen LogP contribution in [0.15, 0.2) is 17.6 Å². The van der Waals surface area contributed by atoms with Crippen molar-refractivity contribution >= 4 is 22.8 Å². The van der Waals surface area contributed by atoms with Crippen LogP contribution < -0.4 is 0 Å². The summed E-state index contributed by atoms with van der Waals surface area (Å²) >= 11 is 1.81. The molecule has 5 heteroatoms. The highest BCUT2D eigenvalue weighted by Gasteiger charge is 2.21. The maximum atomic E-state index is 4.27. The van der Waals surface area contributed by atoms with Gasteiger partial charge in [0, 0.05) is 5.75 Å². The van der Waals surface area contributed by atoms with E-state index in [2.05, 4.69) is 20.2 Å². The van der Waals surface area contributed by atoms with Gasteiger partial charge in [0.2, 0.25) is 0 Å². The zero-order valence-electron chi connectivity index (χ0n) is 7.60. The summed E-state index contributed by atoms with van der Waals surface area (Å²) in [5, 5.41) is 8.90. The standard InChI is InChI=1S/C9H10N4S/c1-2-6(1)4-14-9-7-3-12-13-8(7)10-5-11-9/h3,5-6H,1-2,4H2,(H,10,11,12,13). The van der Waals surface area contributed by atoms with Crippen molar-refractivity contribution in [1.29, 1.82) is 0 Å². The molecular weight excluding hydrogens is 196 g/mol. The molecule has 1 aliphatic carbocycles. The lowest BCUT2D eigenvalue weighted by molar-refractivity contribution is 0.993. The number of thioether (sulfide) groups is 1. The Kier molecular flexibility index (Phi) is 1.90. The number of aromatic amines is 1. The Hall–Kier alpha value is -1.10. The van der Waals surface area contributed by atoms with Crippen molar-refractivity contribution in [2.24, 2.45) is 5.92 Å². The van der Waals surface area contributed by atoms with Gasteiger partial charge in [-0.25, -0.2) is 9.97 Å². The predicted molar refractivity (Wildman–Crippen MR) is 55.1 cm³/mol. The molecule has 3 rings (SSSR count). The minimum Gasteiger partial charge on any atom is -0.261 e. The van der Waals surface area contributed by atoms with Gasteiger partial charge in [-0.3, -0.25) is 5.10 Å². The summed E-state index contributed by atoms with van der Waals surface area (Å²) in [6.07, 6.45) is 6.15. The first-order chi connectivity index (χ1) is 6.93. The number of H-pyrrole nitrogens is 1.